The maximum absolute atomic E-state index is 13.0. The van der Waals surface area contributed by atoms with Crippen LogP contribution in [0.2, 0.25) is 0 Å². The summed E-state index contributed by atoms with van der Waals surface area (Å²) in [5.74, 6) is 1.33. The van der Waals surface area contributed by atoms with Gasteiger partial charge in [-0.1, -0.05) is 51.0 Å². The first-order chi connectivity index (χ1) is 10.6. The largest absolute Gasteiger partial charge is 0.339 e. The van der Waals surface area contributed by atoms with E-state index in [4.69, 9.17) is 0 Å². The van der Waals surface area contributed by atoms with Crippen LogP contribution < -0.4 is 0 Å². The smallest absolute Gasteiger partial charge is 0.225 e. The predicted molar refractivity (Wildman–Crippen MR) is 88.7 cm³/mol. The Labute approximate surface area is 133 Å². The van der Waals surface area contributed by atoms with Crippen molar-refractivity contribution in [1.29, 1.82) is 0 Å². The van der Waals surface area contributed by atoms with E-state index in [0.29, 0.717) is 23.8 Å². The molecule has 1 heterocycles. The third kappa shape index (κ3) is 1.96. The standard InChI is InChI=1S/C20H27NO/c1-14-18-13-16-9-5-6-10-17(16)20(14,2)11-12-21(18)19(22)15-7-3-4-8-15/h5-6,9-10,14-15,18H,3-4,7-8,11-13H2,1-2H3/t14?,18?,20-/m0/s1. The minimum atomic E-state index is 0.242. The Morgan fingerprint density at radius 3 is 2.73 bits per heavy atom. The fourth-order valence-corrected chi connectivity index (χ4v) is 5.27. The maximum atomic E-state index is 13.0. The highest BCUT2D eigenvalue weighted by atomic mass is 16.2. The number of rotatable bonds is 1. The molecule has 22 heavy (non-hydrogen) atoms. The minimum absolute atomic E-state index is 0.242. The Morgan fingerprint density at radius 1 is 1.23 bits per heavy atom. The van der Waals surface area contributed by atoms with Gasteiger partial charge in [-0.15, -0.1) is 0 Å². The summed E-state index contributed by atoms with van der Waals surface area (Å²) in [5.41, 5.74) is 3.25. The Morgan fingerprint density at radius 2 is 1.95 bits per heavy atom. The molecule has 1 amide bonds. The van der Waals surface area contributed by atoms with Gasteiger partial charge in [0.1, 0.15) is 0 Å². The van der Waals surface area contributed by atoms with Crippen LogP contribution in [0.1, 0.15) is 57.1 Å². The Balaban J connectivity index is 1.67. The zero-order valence-corrected chi connectivity index (χ0v) is 13.8. The number of nitrogens with zero attached hydrogens (tertiary/aromatic N) is 1. The van der Waals surface area contributed by atoms with Crippen molar-refractivity contribution in [2.24, 2.45) is 11.8 Å². The molecule has 1 aliphatic heterocycles. The lowest BCUT2D eigenvalue weighted by Gasteiger charge is -2.55. The van der Waals surface area contributed by atoms with Gasteiger partial charge in [0.15, 0.2) is 0 Å². The lowest BCUT2D eigenvalue weighted by Crippen LogP contribution is -2.60. The van der Waals surface area contributed by atoms with Crippen LogP contribution in [0.15, 0.2) is 24.3 Å². The van der Waals surface area contributed by atoms with E-state index in [9.17, 15) is 4.79 Å². The number of carbonyl (C=O) groups is 1. The predicted octanol–water partition coefficient (Wildman–Crippen LogP) is 3.93. The van der Waals surface area contributed by atoms with Gasteiger partial charge < -0.3 is 4.90 Å². The second-order valence-electron chi connectivity index (χ2n) is 7.90. The SMILES string of the molecule is CC1C2Cc3ccccc3[C@@]1(C)CCN2C(=O)C1CCCC1. The number of likely N-dealkylation sites (tertiary alicyclic amines) is 1. The summed E-state index contributed by atoms with van der Waals surface area (Å²) in [7, 11) is 0. The van der Waals surface area contributed by atoms with E-state index < -0.39 is 0 Å². The number of amides is 1. The summed E-state index contributed by atoms with van der Waals surface area (Å²) in [4.78, 5) is 15.3. The summed E-state index contributed by atoms with van der Waals surface area (Å²) in [6.45, 7) is 5.74. The van der Waals surface area contributed by atoms with Gasteiger partial charge in [-0.25, -0.2) is 0 Å². The second kappa shape index (κ2) is 5.11. The molecule has 0 aromatic heterocycles. The quantitative estimate of drug-likeness (QED) is 0.769. The van der Waals surface area contributed by atoms with E-state index in [1.807, 2.05) is 0 Å². The summed E-state index contributed by atoms with van der Waals surface area (Å²) in [5, 5.41) is 0. The molecular weight excluding hydrogens is 270 g/mol. The van der Waals surface area contributed by atoms with Crippen LogP contribution in [0.25, 0.3) is 0 Å². The maximum Gasteiger partial charge on any atom is 0.225 e. The average Bonchev–Trinajstić information content (AvgIpc) is 3.05. The molecule has 2 heteroatoms. The Bertz CT molecular complexity index is 589. The van der Waals surface area contributed by atoms with Crippen molar-refractivity contribution >= 4 is 5.91 Å². The molecule has 0 radical (unpaired) electrons. The molecule has 2 bridgehead atoms. The summed E-state index contributed by atoms with van der Waals surface area (Å²) in [6, 6.07) is 9.32. The van der Waals surface area contributed by atoms with Crippen LogP contribution in [0, 0.1) is 11.8 Å². The van der Waals surface area contributed by atoms with Gasteiger partial charge in [-0.05, 0) is 48.1 Å². The lowest BCUT2D eigenvalue weighted by molar-refractivity contribution is -0.142. The molecule has 1 aromatic carbocycles. The normalized spacial score (nSPS) is 34.5. The van der Waals surface area contributed by atoms with Crippen molar-refractivity contribution in [2.45, 2.75) is 63.8 Å². The molecule has 3 atom stereocenters. The zero-order chi connectivity index (χ0) is 15.3. The molecular formula is C20H27NO. The molecule has 1 saturated heterocycles. The van der Waals surface area contributed by atoms with Crippen LogP contribution in [-0.4, -0.2) is 23.4 Å². The summed E-state index contributed by atoms with van der Waals surface area (Å²) in [6.07, 6.45) is 6.87. The highest BCUT2D eigenvalue weighted by molar-refractivity contribution is 5.80. The molecule has 2 aliphatic carbocycles. The van der Waals surface area contributed by atoms with E-state index in [2.05, 4.69) is 43.0 Å². The van der Waals surface area contributed by atoms with Gasteiger partial charge in [-0.2, -0.15) is 0 Å². The summed E-state index contributed by atoms with van der Waals surface area (Å²) < 4.78 is 0. The second-order valence-corrected chi connectivity index (χ2v) is 7.90. The third-order valence-electron chi connectivity index (χ3n) is 6.90. The first kappa shape index (κ1) is 14.3. The van der Waals surface area contributed by atoms with Gasteiger partial charge in [0, 0.05) is 18.5 Å². The van der Waals surface area contributed by atoms with Gasteiger partial charge in [0.2, 0.25) is 5.91 Å². The van der Waals surface area contributed by atoms with Crippen LogP contribution in [0.4, 0.5) is 0 Å². The van der Waals surface area contributed by atoms with Gasteiger partial charge in [0.25, 0.3) is 0 Å². The molecule has 0 N–H and O–H groups in total. The van der Waals surface area contributed by atoms with Crippen LogP contribution in [-0.2, 0) is 16.6 Å². The molecule has 0 spiro atoms. The molecule has 2 nitrogen and oxygen atoms in total. The number of benzene rings is 1. The van der Waals surface area contributed by atoms with E-state index in [1.165, 1.54) is 24.0 Å². The van der Waals surface area contributed by atoms with Crippen molar-refractivity contribution in [3.8, 4) is 0 Å². The Hall–Kier alpha value is -1.31. The van der Waals surface area contributed by atoms with Gasteiger partial charge in [-0.3, -0.25) is 4.79 Å². The fourth-order valence-electron chi connectivity index (χ4n) is 5.27. The lowest BCUT2D eigenvalue weighted by atomic mass is 9.59. The zero-order valence-electron chi connectivity index (χ0n) is 13.8. The Kier molecular flexibility index (Phi) is 3.32. The summed E-state index contributed by atoms with van der Waals surface area (Å²) >= 11 is 0. The van der Waals surface area contributed by atoms with Crippen molar-refractivity contribution < 1.29 is 4.79 Å². The number of fused-ring (bicyclic) bond motifs is 4. The van der Waals surface area contributed by atoms with Crippen molar-refractivity contribution in [3.05, 3.63) is 35.4 Å². The van der Waals surface area contributed by atoms with E-state index in [0.717, 1.165) is 32.2 Å². The van der Waals surface area contributed by atoms with E-state index in [1.54, 1.807) is 0 Å². The number of hydrogen-bond donors (Lipinski definition) is 0. The van der Waals surface area contributed by atoms with Crippen molar-refractivity contribution in [3.63, 3.8) is 0 Å². The van der Waals surface area contributed by atoms with Crippen molar-refractivity contribution in [1.82, 2.24) is 4.90 Å². The van der Waals surface area contributed by atoms with Crippen LogP contribution in [0.5, 0.6) is 0 Å². The highest BCUT2D eigenvalue weighted by Gasteiger charge is 2.50. The molecule has 1 aromatic rings. The van der Waals surface area contributed by atoms with E-state index in [-0.39, 0.29) is 5.41 Å². The first-order valence-electron chi connectivity index (χ1n) is 9.00. The molecule has 2 unspecified atom stereocenters. The van der Waals surface area contributed by atoms with Gasteiger partial charge >= 0.3 is 0 Å². The molecule has 3 aliphatic rings. The molecule has 118 valence electrons. The average molecular weight is 297 g/mol. The molecule has 1 saturated carbocycles. The molecule has 2 fully saturated rings. The fraction of sp³-hybridized carbons (Fsp3) is 0.650. The third-order valence-corrected chi connectivity index (χ3v) is 6.90. The number of piperidine rings is 1. The van der Waals surface area contributed by atoms with Crippen molar-refractivity contribution in [2.75, 3.05) is 6.54 Å². The minimum Gasteiger partial charge on any atom is -0.339 e. The van der Waals surface area contributed by atoms with Gasteiger partial charge in [0.05, 0.1) is 0 Å². The molecule has 4 rings (SSSR count). The van der Waals surface area contributed by atoms with Crippen LogP contribution >= 0.6 is 0 Å². The number of hydrogen-bond acceptors (Lipinski definition) is 1. The highest BCUT2D eigenvalue weighted by Crippen LogP contribution is 2.49. The van der Waals surface area contributed by atoms with E-state index >= 15 is 0 Å². The van der Waals surface area contributed by atoms with Crippen LogP contribution in [0.3, 0.4) is 0 Å². The topological polar surface area (TPSA) is 20.3 Å². The number of carbonyl (C=O) groups excluding carboxylic acids is 1. The first-order valence-corrected chi connectivity index (χ1v) is 9.00. The monoisotopic (exact) mass is 297 g/mol.